The molecule has 1 unspecified atom stereocenters. The Kier molecular flexibility index (Phi) is 4.89. The van der Waals surface area contributed by atoms with E-state index in [9.17, 15) is 18.4 Å². The highest BCUT2D eigenvalue weighted by Crippen LogP contribution is 2.23. The second-order valence-corrected chi connectivity index (χ2v) is 5.49. The predicted molar refractivity (Wildman–Crippen MR) is 72.0 cm³/mol. The van der Waals surface area contributed by atoms with Gasteiger partial charge in [-0.1, -0.05) is 15.9 Å². The van der Waals surface area contributed by atoms with Crippen LogP contribution in [0.2, 0.25) is 0 Å². The van der Waals surface area contributed by atoms with Crippen molar-refractivity contribution < 1.29 is 28.2 Å². The molecular weight excluding hydrogens is 352 g/mol. The minimum atomic E-state index is -1.11. The first kappa shape index (κ1) is 15.8. The molecule has 0 bridgehead atoms. The van der Waals surface area contributed by atoms with E-state index < -0.39 is 35.1 Å². The summed E-state index contributed by atoms with van der Waals surface area (Å²) < 4.78 is 33.0. The van der Waals surface area contributed by atoms with E-state index in [-0.39, 0.29) is 30.7 Å². The summed E-state index contributed by atoms with van der Waals surface area (Å²) in [7, 11) is 0. The van der Waals surface area contributed by atoms with Crippen LogP contribution in [0.15, 0.2) is 16.6 Å². The molecule has 1 saturated heterocycles. The number of hydrogen-bond acceptors (Lipinski definition) is 3. The van der Waals surface area contributed by atoms with E-state index in [1.807, 2.05) is 0 Å². The highest BCUT2D eigenvalue weighted by Gasteiger charge is 2.32. The summed E-state index contributed by atoms with van der Waals surface area (Å²) in [6.07, 6.45) is -0.342. The zero-order valence-corrected chi connectivity index (χ0v) is 12.4. The first-order valence-corrected chi connectivity index (χ1v) is 6.94. The third kappa shape index (κ3) is 3.56. The smallest absolute Gasteiger partial charge is 0.305 e. The maximum absolute atomic E-state index is 13.8. The van der Waals surface area contributed by atoms with Gasteiger partial charge < -0.3 is 14.7 Å². The molecule has 1 aliphatic heterocycles. The van der Waals surface area contributed by atoms with Crippen LogP contribution in [0.25, 0.3) is 0 Å². The van der Waals surface area contributed by atoms with Crippen molar-refractivity contribution in [2.75, 3.05) is 19.8 Å². The number of aliphatic carboxylic acids is 1. The van der Waals surface area contributed by atoms with Crippen LogP contribution in [0.5, 0.6) is 0 Å². The van der Waals surface area contributed by atoms with Crippen LogP contribution in [-0.4, -0.2) is 47.7 Å². The molecule has 2 rings (SSSR count). The summed E-state index contributed by atoms with van der Waals surface area (Å²) in [5.41, 5.74) is -0.685. The van der Waals surface area contributed by atoms with Crippen LogP contribution < -0.4 is 0 Å². The Morgan fingerprint density at radius 1 is 1.38 bits per heavy atom. The number of ether oxygens (including phenoxy) is 1. The van der Waals surface area contributed by atoms with Gasteiger partial charge in [-0.05, 0) is 12.1 Å². The van der Waals surface area contributed by atoms with Gasteiger partial charge in [0.15, 0.2) is 0 Å². The summed E-state index contributed by atoms with van der Waals surface area (Å²) >= 11 is 2.93. The molecule has 1 aromatic rings. The van der Waals surface area contributed by atoms with Gasteiger partial charge in [0.25, 0.3) is 5.91 Å². The van der Waals surface area contributed by atoms with Gasteiger partial charge in [0, 0.05) is 11.0 Å². The number of nitrogens with zero attached hydrogens (tertiary/aromatic N) is 1. The monoisotopic (exact) mass is 363 g/mol. The van der Waals surface area contributed by atoms with Crippen molar-refractivity contribution in [3.05, 3.63) is 33.8 Å². The molecule has 1 N–H and O–H groups in total. The van der Waals surface area contributed by atoms with Crippen LogP contribution in [-0.2, 0) is 9.53 Å². The lowest BCUT2D eigenvalue weighted by Gasteiger charge is -2.35. The SMILES string of the molecule is O=C(O)CC1COCCN1C(=O)c1c(F)cc(Br)cc1F. The van der Waals surface area contributed by atoms with Crippen molar-refractivity contribution in [3.8, 4) is 0 Å². The maximum atomic E-state index is 13.8. The summed E-state index contributed by atoms with van der Waals surface area (Å²) in [5.74, 6) is -3.97. The summed E-state index contributed by atoms with van der Waals surface area (Å²) in [5, 5.41) is 8.83. The molecule has 114 valence electrons. The van der Waals surface area contributed by atoms with Gasteiger partial charge in [-0.3, -0.25) is 9.59 Å². The first-order chi connectivity index (χ1) is 9.90. The molecule has 5 nitrogen and oxygen atoms in total. The van der Waals surface area contributed by atoms with Crippen molar-refractivity contribution in [2.24, 2.45) is 0 Å². The Balaban J connectivity index is 2.31. The van der Waals surface area contributed by atoms with Crippen LogP contribution >= 0.6 is 15.9 Å². The highest BCUT2D eigenvalue weighted by molar-refractivity contribution is 9.10. The lowest BCUT2D eigenvalue weighted by molar-refractivity contribution is -0.139. The topological polar surface area (TPSA) is 66.8 Å². The third-order valence-corrected chi connectivity index (χ3v) is 3.58. The number of carboxylic acid groups (broad SMARTS) is 1. The Bertz CT molecular complexity index is 558. The third-order valence-electron chi connectivity index (χ3n) is 3.12. The van der Waals surface area contributed by atoms with E-state index in [1.54, 1.807) is 0 Å². The Hall–Kier alpha value is -1.54. The Morgan fingerprint density at radius 3 is 2.57 bits per heavy atom. The number of morpholine rings is 1. The lowest BCUT2D eigenvalue weighted by Crippen LogP contribution is -2.50. The second kappa shape index (κ2) is 6.48. The number of rotatable bonds is 3. The molecule has 8 heteroatoms. The van der Waals surface area contributed by atoms with Gasteiger partial charge in [-0.2, -0.15) is 0 Å². The van der Waals surface area contributed by atoms with E-state index in [0.717, 1.165) is 17.0 Å². The van der Waals surface area contributed by atoms with Gasteiger partial charge in [-0.15, -0.1) is 0 Å². The quantitative estimate of drug-likeness (QED) is 0.892. The molecular formula is C13H12BrF2NO4. The van der Waals surface area contributed by atoms with Crippen molar-refractivity contribution >= 4 is 27.8 Å². The number of benzene rings is 1. The number of carbonyl (C=O) groups is 2. The maximum Gasteiger partial charge on any atom is 0.305 e. The van der Waals surface area contributed by atoms with Crippen molar-refractivity contribution in [1.82, 2.24) is 4.90 Å². The van der Waals surface area contributed by atoms with Crippen LogP contribution in [0, 0.1) is 11.6 Å². The summed E-state index contributed by atoms with van der Waals surface area (Å²) in [6, 6.07) is 1.23. The van der Waals surface area contributed by atoms with E-state index in [0.29, 0.717) is 0 Å². The van der Waals surface area contributed by atoms with Gasteiger partial charge in [0.1, 0.15) is 17.2 Å². The van der Waals surface area contributed by atoms with Crippen molar-refractivity contribution in [2.45, 2.75) is 12.5 Å². The standard InChI is InChI=1S/C13H12BrF2NO4/c14-7-3-9(15)12(10(16)4-7)13(20)17-1-2-21-6-8(17)5-11(18)19/h3-4,8H,1-2,5-6H2,(H,18,19). The number of halogens is 3. The molecule has 0 saturated carbocycles. The van der Waals surface area contributed by atoms with E-state index in [2.05, 4.69) is 15.9 Å². The van der Waals surface area contributed by atoms with Crippen molar-refractivity contribution in [1.29, 1.82) is 0 Å². The zero-order chi connectivity index (χ0) is 15.6. The molecule has 1 heterocycles. The van der Waals surface area contributed by atoms with Gasteiger partial charge >= 0.3 is 5.97 Å². The molecule has 1 amide bonds. The fraction of sp³-hybridized carbons (Fsp3) is 0.385. The second-order valence-electron chi connectivity index (χ2n) is 4.57. The normalized spacial score (nSPS) is 18.6. The molecule has 0 aromatic heterocycles. The lowest BCUT2D eigenvalue weighted by atomic mass is 10.1. The minimum Gasteiger partial charge on any atom is -0.481 e. The highest BCUT2D eigenvalue weighted by atomic mass is 79.9. The molecule has 1 atom stereocenters. The molecule has 21 heavy (non-hydrogen) atoms. The van der Waals surface area contributed by atoms with Crippen LogP contribution in [0.4, 0.5) is 8.78 Å². The van der Waals surface area contributed by atoms with Crippen molar-refractivity contribution in [3.63, 3.8) is 0 Å². The fourth-order valence-corrected chi connectivity index (χ4v) is 2.58. The molecule has 1 aliphatic rings. The number of carbonyl (C=O) groups excluding carboxylic acids is 1. The Labute approximate surface area is 127 Å². The molecule has 1 fully saturated rings. The number of hydrogen-bond donors (Lipinski definition) is 1. The van der Waals surface area contributed by atoms with Gasteiger partial charge in [-0.25, -0.2) is 8.78 Å². The molecule has 1 aromatic carbocycles. The minimum absolute atomic E-state index is 0.0256. The molecule has 0 aliphatic carbocycles. The van der Waals surface area contributed by atoms with E-state index in [4.69, 9.17) is 9.84 Å². The van der Waals surface area contributed by atoms with Gasteiger partial charge in [0.2, 0.25) is 0 Å². The molecule has 0 spiro atoms. The molecule has 0 radical (unpaired) electrons. The summed E-state index contributed by atoms with van der Waals surface area (Å²) in [6.45, 7) is 0.311. The number of amides is 1. The predicted octanol–water partition coefficient (Wildman–Crippen LogP) is 2.04. The fourth-order valence-electron chi connectivity index (χ4n) is 2.18. The first-order valence-electron chi connectivity index (χ1n) is 6.15. The Morgan fingerprint density at radius 2 is 2.00 bits per heavy atom. The van der Waals surface area contributed by atoms with Gasteiger partial charge in [0.05, 0.1) is 25.7 Å². The number of carboxylic acids is 1. The zero-order valence-electron chi connectivity index (χ0n) is 10.8. The average molecular weight is 364 g/mol. The van der Waals surface area contributed by atoms with Crippen LogP contribution in [0.3, 0.4) is 0 Å². The van der Waals surface area contributed by atoms with Crippen LogP contribution in [0.1, 0.15) is 16.8 Å². The van der Waals surface area contributed by atoms with E-state index in [1.165, 1.54) is 0 Å². The largest absolute Gasteiger partial charge is 0.481 e. The summed E-state index contributed by atoms with van der Waals surface area (Å²) in [4.78, 5) is 24.3. The van der Waals surface area contributed by atoms with E-state index >= 15 is 0 Å². The average Bonchev–Trinajstić information content (AvgIpc) is 2.37.